The lowest BCUT2D eigenvalue weighted by Gasteiger charge is -2.22. The Bertz CT molecular complexity index is 508. The van der Waals surface area contributed by atoms with E-state index in [4.69, 9.17) is 9.47 Å². The molecule has 5 heteroatoms. The van der Waals surface area contributed by atoms with Gasteiger partial charge in [-0.1, -0.05) is 26.8 Å². The summed E-state index contributed by atoms with van der Waals surface area (Å²) < 4.78 is 10.4. The normalized spacial score (nSPS) is 12.6. The van der Waals surface area contributed by atoms with Crippen LogP contribution in [0.15, 0.2) is 18.2 Å². The number of carbonyl (C=O) groups is 1. The Morgan fingerprint density at radius 2 is 1.87 bits per heavy atom. The summed E-state index contributed by atoms with van der Waals surface area (Å²) in [6.45, 7) is 6.39. The number of methoxy groups -OCH3 is 2. The van der Waals surface area contributed by atoms with Gasteiger partial charge in [0.25, 0.3) is 0 Å². The third-order valence-corrected chi connectivity index (χ3v) is 3.64. The maximum atomic E-state index is 12.2. The molecule has 0 aliphatic heterocycles. The molecule has 0 aliphatic rings. The fourth-order valence-electron chi connectivity index (χ4n) is 2.27. The summed E-state index contributed by atoms with van der Waals surface area (Å²) in [5, 5.41) is 12.3. The van der Waals surface area contributed by atoms with Crippen molar-refractivity contribution in [1.29, 1.82) is 0 Å². The first kappa shape index (κ1) is 19.3. The van der Waals surface area contributed by atoms with Crippen LogP contribution in [0.1, 0.15) is 39.2 Å². The van der Waals surface area contributed by atoms with Gasteiger partial charge in [0.05, 0.1) is 33.3 Å². The molecule has 1 amide bonds. The fourth-order valence-corrected chi connectivity index (χ4v) is 2.27. The third kappa shape index (κ3) is 6.91. The van der Waals surface area contributed by atoms with E-state index in [1.807, 2.05) is 6.07 Å². The zero-order valence-electron chi connectivity index (χ0n) is 14.8. The third-order valence-electron chi connectivity index (χ3n) is 3.64. The first-order valence-electron chi connectivity index (χ1n) is 7.90. The number of ether oxygens (including phenoxy) is 2. The van der Waals surface area contributed by atoms with Gasteiger partial charge in [0.1, 0.15) is 0 Å². The highest BCUT2D eigenvalue weighted by Gasteiger charge is 2.17. The average molecular weight is 323 g/mol. The smallest absolute Gasteiger partial charge is 0.224 e. The van der Waals surface area contributed by atoms with Crippen molar-refractivity contribution in [1.82, 2.24) is 5.32 Å². The van der Waals surface area contributed by atoms with Gasteiger partial charge in [0.2, 0.25) is 5.91 Å². The highest BCUT2D eigenvalue weighted by molar-refractivity contribution is 5.79. The molecule has 1 aromatic rings. The number of rotatable bonds is 8. The first-order chi connectivity index (χ1) is 10.8. The predicted octanol–water partition coefficient (Wildman–Crippen LogP) is 2.55. The van der Waals surface area contributed by atoms with Gasteiger partial charge in [-0.05, 0) is 36.0 Å². The van der Waals surface area contributed by atoms with E-state index >= 15 is 0 Å². The molecule has 0 unspecified atom stereocenters. The molecule has 130 valence electrons. The zero-order chi connectivity index (χ0) is 17.5. The number of amides is 1. The minimum absolute atomic E-state index is 0.0479. The molecular formula is C18H29NO4. The van der Waals surface area contributed by atoms with E-state index in [2.05, 4.69) is 26.1 Å². The molecule has 0 saturated carbocycles. The molecule has 5 nitrogen and oxygen atoms in total. The number of aliphatic hydroxyl groups excluding tert-OH is 1. The Hall–Kier alpha value is -1.75. The molecule has 0 fully saturated rings. The van der Waals surface area contributed by atoms with Crippen molar-refractivity contribution in [3.05, 3.63) is 23.8 Å². The summed E-state index contributed by atoms with van der Waals surface area (Å²) in [6.07, 6.45) is 1.94. The highest BCUT2D eigenvalue weighted by Crippen LogP contribution is 2.27. The SMILES string of the molecule is COc1ccc(CC(=O)N[C@@H](CO)CCC(C)(C)C)cc1OC. The molecule has 0 aliphatic carbocycles. The van der Waals surface area contributed by atoms with Gasteiger partial charge < -0.3 is 19.9 Å². The Labute approximate surface area is 139 Å². The molecule has 0 bridgehead atoms. The van der Waals surface area contributed by atoms with Crippen molar-refractivity contribution in [2.75, 3.05) is 20.8 Å². The molecule has 23 heavy (non-hydrogen) atoms. The van der Waals surface area contributed by atoms with Crippen molar-refractivity contribution >= 4 is 5.91 Å². The van der Waals surface area contributed by atoms with Crippen LogP contribution < -0.4 is 14.8 Å². The number of nitrogens with one attached hydrogen (secondary N) is 1. The van der Waals surface area contributed by atoms with Crippen LogP contribution in [0.5, 0.6) is 11.5 Å². The first-order valence-corrected chi connectivity index (χ1v) is 7.90. The monoisotopic (exact) mass is 323 g/mol. The number of aliphatic hydroxyl groups is 1. The number of benzene rings is 1. The minimum Gasteiger partial charge on any atom is -0.493 e. The summed E-state index contributed by atoms with van der Waals surface area (Å²) in [5.74, 6) is 1.13. The minimum atomic E-state index is -0.207. The van der Waals surface area contributed by atoms with E-state index in [-0.39, 0.29) is 30.4 Å². The van der Waals surface area contributed by atoms with Crippen LogP contribution in [0.2, 0.25) is 0 Å². The molecule has 0 heterocycles. The van der Waals surface area contributed by atoms with Crippen molar-refractivity contribution < 1.29 is 19.4 Å². The second kappa shape index (κ2) is 8.77. The lowest BCUT2D eigenvalue weighted by Crippen LogP contribution is -2.39. The molecular weight excluding hydrogens is 294 g/mol. The standard InChI is InChI=1S/C18H29NO4/c1-18(2,3)9-8-14(12-20)19-17(21)11-13-6-7-15(22-4)16(10-13)23-5/h6-7,10,14,20H,8-9,11-12H2,1-5H3,(H,19,21)/t14-/m1/s1. The highest BCUT2D eigenvalue weighted by atomic mass is 16.5. The molecule has 0 radical (unpaired) electrons. The Morgan fingerprint density at radius 3 is 2.39 bits per heavy atom. The van der Waals surface area contributed by atoms with Gasteiger partial charge in [-0.2, -0.15) is 0 Å². The van der Waals surface area contributed by atoms with Crippen LogP contribution in [0.25, 0.3) is 0 Å². The zero-order valence-corrected chi connectivity index (χ0v) is 14.8. The lowest BCUT2D eigenvalue weighted by atomic mass is 9.89. The Morgan fingerprint density at radius 1 is 1.22 bits per heavy atom. The van der Waals surface area contributed by atoms with Gasteiger partial charge in [0, 0.05) is 0 Å². The topological polar surface area (TPSA) is 67.8 Å². The van der Waals surface area contributed by atoms with Crippen LogP contribution in [0, 0.1) is 5.41 Å². The second-order valence-electron chi connectivity index (χ2n) is 6.91. The lowest BCUT2D eigenvalue weighted by molar-refractivity contribution is -0.121. The number of hydrogen-bond acceptors (Lipinski definition) is 4. The molecule has 0 spiro atoms. The van der Waals surface area contributed by atoms with Gasteiger partial charge in [0.15, 0.2) is 11.5 Å². The summed E-state index contributed by atoms with van der Waals surface area (Å²) in [4.78, 5) is 12.2. The van der Waals surface area contributed by atoms with Crippen LogP contribution in [0.3, 0.4) is 0 Å². The van der Waals surface area contributed by atoms with Gasteiger partial charge in [-0.25, -0.2) is 0 Å². The molecule has 1 aromatic carbocycles. The van der Waals surface area contributed by atoms with E-state index in [1.165, 1.54) is 0 Å². The number of carbonyl (C=O) groups excluding carboxylic acids is 1. The van der Waals surface area contributed by atoms with Gasteiger partial charge >= 0.3 is 0 Å². The quantitative estimate of drug-likeness (QED) is 0.771. The predicted molar refractivity (Wildman–Crippen MR) is 91.0 cm³/mol. The van der Waals surface area contributed by atoms with Gasteiger partial charge in [-0.3, -0.25) is 4.79 Å². The molecule has 0 saturated heterocycles. The van der Waals surface area contributed by atoms with E-state index in [0.29, 0.717) is 11.5 Å². The Balaban J connectivity index is 2.61. The summed E-state index contributed by atoms with van der Waals surface area (Å²) in [6, 6.07) is 5.21. The van der Waals surface area contributed by atoms with E-state index in [9.17, 15) is 9.90 Å². The van der Waals surface area contributed by atoms with Crippen molar-refractivity contribution in [2.24, 2.45) is 5.41 Å². The maximum absolute atomic E-state index is 12.2. The van der Waals surface area contributed by atoms with Crippen molar-refractivity contribution in [2.45, 2.75) is 46.1 Å². The number of hydrogen-bond donors (Lipinski definition) is 2. The fraction of sp³-hybridized carbons (Fsp3) is 0.611. The molecule has 2 N–H and O–H groups in total. The van der Waals surface area contributed by atoms with Gasteiger partial charge in [-0.15, -0.1) is 0 Å². The molecule has 1 rings (SSSR count). The van der Waals surface area contributed by atoms with Crippen molar-refractivity contribution in [3.63, 3.8) is 0 Å². The second-order valence-corrected chi connectivity index (χ2v) is 6.91. The molecule has 1 atom stereocenters. The summed E-state index contributed by atoms with van der Waals surface area (Å²) in [7, 11) is 3.14. The van der Waals surface area contributed by atoms with E-state index < -0.39 is 0 Å². The van der Waals surface area contributed by atoms with E-state index in [0.717, 1.165) is 18.4 Å². The summed E-state index contributed by atoms with van der Waals surface area (Å²) in [5.41, 5.74) is 1.02. The maximum Gasteiger partial charge on any atom is 0.224 e. The molecule has 0 aromatic heterocycles. The summed E-state index contributed by atoms with van der Waals surface area (Å²) >= 11 is 0. The Kier molecular flexibility index (Phi) is 7.36. The van der Waals surface area contributed by atoms with Crippen LogP contribution in [-0.2, 0) is 11.2 Å². The van der Waals surface area contributed by atoms with E-state index in [1.54, 1.807) is 26.4 Å². The van der Waals surface area contributed by atoms with Crippen LogP contribution in [0.4, 0.5) is 0 Å². The van der Waals surface area contributed by atoms with Crippen LogP contribution >= 0.6 is 0 Å². The van der Waals surface area contributed by atoms with Crippen LogP contribution in [-0.4, -0.2) is 37.9 Å². The largest absolute Gasteiger partial charge is 0.493 e. The average Bonchev–Trinajstić information content (AvgIpc) is 2.50. The van der Waals surface area contributed by atoms with Crippen molar-refractivity contribution in [3.8, 4) is 11.5 Å².